The fraction of sp³-hybridized carbons (Fsp3) is 0.625. The molecular formula is C16H25FN2O. The second-order valence-electron chi connectivity index (χ2n) is 5.79. The van der Waals surface area contributed by atoms with Crippen LogP contribution in [0.25, 0.3) is 0 Å². The van der Waals surface area contributed by atoms with Gasteiger partial charge in [0.15, 0.2) is 11.6 Å². The second kappa shape index (κ2) is 6.33. The Morgan fingerprint density at radius 1 is 1.40 bits per heavy atom. The Hall–Kier alpha value is -1.45. The monoisotopic (exact) mass is 280 g/mol. The van der Waals surface area contributed by atoms with Gasteiger partial charge in [-0.15, -0.1) is 0 Å². The molecule has 1 aromatic rings. The van der Waals surface area contributed by atoms with Gasteiger partial charge in [0.05, 0.1) is 17.5 Å². The van der Waals surface area contributed by atoms with Crippen molar-refractivity contribution in [2.75, 3.05) is 17.2 Å². The summed E-state index contributed by atoms with van der Waals surface area (Å²) in [5.41, 5.74) is 7.44. The van der Waals surface area contributed by atoms with Gasteiger partial charge in [0.2, 0.25) is 0 Å². The Morgan fingerprint density at radius 2 is 2.10 bits per heavy atom. The van der Waals surface area contributed by atoms with Crippen LogP contribution >= 0.6 is 0 Å². The molecule has 0 heterocycles. The Balaban J connectivity index is 2.27. The molecule has 3 nitrogen and oxygen atoms in total. The summed E-state index contributed by atoms with van der Waals surface area (Å²) >= 11 is 0. The highest BCUT2D eigenvalue weighted by Gasteiger charge is 2.30. The number of unbranched alkanes of at least 4 members (excludes halogenated alkanes) is 1. The van der Waals surface area contributed by atoms with Crippen molar-refractivity contribution in [1.29, 1.82) is 0 Å². The van der Waals surface area contributed by atoms with Gasteiger partial charge in [0.1, 0.15) is 0 Å². The Morgan fingerprint density at radius 3 is 2.65 bits per heavy atom. The van der Waals surface area contributed by atoms with Crippen LogP contribution in [-0.2, 0) is 0 Å². The summed E-state index contributed by atoms with van der Waals surface area (Å²) < 4.78 is 19.4. The van der Waals surface area contributed by atoms with E-state index in [0.717, 1.165) is 25.1 Å². The van der Waals surface area contributed by atoms with Crippen LogP contribution in [0.15, 0.2) is 12.1 Å². The maximum atomic E-state index is 13.9. The van der Waals surface area contributed by atoms with Crippen molar-refractivity contribution in [3.8, 4) is 5.75 Å². The predicted molar refractivity (Wildman–Crippen MR) is 81.9 cm³/mol. The van der Waals surface area contributed by atoms with E-state index >= 15 is 0 Å². The minimum Gasteiger partial charge on any atom is -0.488 e. The summed E-state index contributed by atoms with van der Waals surface area (Å²) in [6.45, 7) is 6.93. The smallest absolute Gasteiger partial charge is 0.167 e. The van der Waals surface area contributed by atoms with Gasteiger partial charge in [-0.2, -0.15) is 0 Å². The van der Waals surface area contributed by atoms with Gasteiger partial charge >= 0.3 is 0 Å². The number of anilines is 2. The zero-order valence-corrected chi connectivity index (χ0v) is 12.7. The molecule has 1 fully saturated rings. The van der Waals surface area contributed by atoms with E-state index in [1.54, 1.807) is 6.07 Å². The van der Waals surface area contributed by atoms with Crippen LogP contribution in [0.1, 0.15) is 46.5 Å². The number of nitrogen functional groups attached to an aromatic ring is 1. The largest absolute Gasteiger partial charge is 0.488 e. The van der Waals surface area contributed by atoms with Crippen molar-refractivity contribution in [3.63, 3.8) is 0 Å². The SMILES string of the molecule is CCCCN(c1cc(OC(C)C)c(F)cc1N)C1CC1. The van der Waals surface area contributed by atoms with Crippen molar-refractivity contribution < 1.29 is 9.13 Å². The van der Waals surface area contributed by atoms with Crippen LogP contribution in [0.2, 0.25) is 0 Å². The van der Waals surface area contributed by atoms with E-state index in [4.69, 9.17) is 10.5 Å². The third-order valence-electron chi connectivity index (χ3n) is 3.49. The summed E-state index contributed by atoms with van der Waals surface area (Å²) in [7, 11) is 0. The number of halogens is 1. The average molecular weight is 280 g/mol. The van der Waals surface area contributed by atoms with Crippen molar-refractivity contribution in [2.24, 2.45) is 0 Å². The zero-order valence-electron chi connectivity index (χ0n) is 12.7. The summed E-state index contributed by atoms with van der Waals surface area (Å²) in [5, 5.41) is 0. The molecule has 0 atom stereocenters. The molecule has 0 amide bonds. The van der Waals surface area contributed by atoms with E-state index < -0.39 is 0 Å². The normalized spacial score (nSPS) is 14.7. The highest BCUT2D eigenvalue weighted by Crippen LogP contribution is 2.38. The molecule has 2 N–H and O–H groups in total. The number of benzene rings is 1. The molecule has 112 valence electrons. The fourth-order valence-corrected chi connectivity index (χ4v) is 2.37. The predicted octanol–water partition coefficient (Wildman–Crippen LogP) is 3.96. The van der Waals surface area contributed by atoms with Crippen LogP contribution in [0.3, 0.4) is 0 Å². The second-order valence-corrected chi connectivity index (χ2v) is 5.79. The van der Waals surface area contributed by atoms with E-state index in [1.165, 1.54) is 18.9 Å². The van der Waals surface area contributed by atoms with E-state index in [-0.39, 0.29) is 11.9 Å². The van der Waals surface area contributed by atoms with Crippen LogP contribution in [0.5, 0.6) is 5.75 Å². The van der Waals surface area contributed by atoms with Gasteiger partial charge in [-0.05, 0) is 33.1 Å². The molecule has 0 bridgehead atoms. The lowest BCUT2D eigenvalue weighted by Gasteiger charge is -2.27. The molecule has 1 aliphatic rings. The molecule has 0 saturated heterocycles. The average Bonchev–Trinajstić information content (AvgIpc) is 3.18. The van der Waals surface area contributed by atoms with Crippen LogP contribution in [0, 0.1) is 5.82 Å². The molecule has 2 rings (SSSR count). The van der Waals surface area contributed by atoms with Crippen molar-refractivity contribution in [2.45, 2.75) is 58.6 Å². The Labute approximate surface area is 120 Å². The molecule has 0 aromatic heterocycles. The first-order chi connectivity index (χ1) is 9.52. The van der Waals surface area contributed by atoms with Gasteiger partial charge in [0.25, 0.3) is 0 Å². The maximum Gasteiger partial charge on any atom is 0.167 e. The third-order valence-corrected chi connectivity index (χ3v) is 3.49. The van der Waals surface area contributed by atoms with Gasteiger partial charge in [-0.1, -0.05) is 13.3 Å². The summed E-state index contributed by atoms with van der Waals surface area (Å²) in [5.74, 6) is -0.0856. The molecule has 0 unspecified atom stereocenters. The van der Waals surface area contributed by atoms with E-state index in [9.17, 15) is 4.39 Å². The van der Waals surface area contributed by atoms with E-state index in [0.29, 0.717) is 17.5 Å². The maximum absolute atomic E-state index is 13.9. The van der Waals surface area contributed by atoms with Crippen molar-refractivity contribution in [1.82, 2.24) is 0 Å². The Kier molecular flexibility index (Phi) is 4.73. The highest BCUT2D eigenvalue weighted by molar-refractivity contribution is 5.71. The van der Waals surface area contributed by atoms with Crippen LogP contribution < -0.4 is 15.4 Å². The Bertz CT molecular complexity index is 458. The van der Waals surface area contributed by atoms with E-state index in [2.05, 4.69) is 11.8 Å². The number of hydrogen-bond acceptors (Lipinski definition) is 3. The lowest BCUT2D eigenvalue weighted by molar-refractivity contribution is 0.231. The van der Waals surface area contributed by atoms with E-state index in [1.807, 2.05) is 13.8 Å². The van der Waals surface area contributed by atoms with Crippen LogP contribution in [-0.4, -0.2) is 18.7 Å². The number of ether oxygens (including phenoxy) is 1. The quantitative estimate of drug-likeness (QED) is 0.768. The number of nitrogens with two attached hydrogens (primary N) is 1. The fourth-order valence-electron chi connectivity index (χ4n) is 2.37. The zero-order chi connectivity index (χ0) is 14.7. The van der Waals surface area contributed by atoms with Crippen molar-refractivity contribution >= 4 is 11.4 Å². The molecule has 1 saturated carbocycles. The minimum atomic E-state index is -0.383. The molecule has 0 aliphatic heterocycles. The molecule has 4 heteroatoms. The lowest BCUT2D eigenvalue weighted by atomic mass is 10.2. The third kappa shape index (κ3) is 3.56. The van der Waals surface area contributed by atoms with Gasteiger partial charge in [0, 0.05) is 24.7 Å². The number of nitrogens with zero attached hydrogens (tertiary/aromatic N) is 1. The van der Waals surface area contributed by atoms with Crippen LogP contribution in [0.4, 0.5) is 15.8 Å². The molecule has 20 heavy (non-hydrogen) atoms. The first-order valence-corrected chi connectivity index (χ1v) is 7.55. The standard InChI is InChI=1S/C16H25FN2O/c1-4-5-8-19(12-6-7-12)15-10-16(20-11(2)3)13(17)9-14(15)18/h9-12H,4-8,18H2,1-3H3. The van der Waals surface area contributed by atoms with Gasteiger partial charge < -0.3 is 15.4 Å². The number of hydrogen-bond donors (Lipinski definition) is 1. The first-order valence-electron chi connectivity index (χ1n) is 7.55. The molecule has 0 radical (unpaired) electrons. The number of rotatable bonds is 7. The molecule has 1 aromatic carbocycles. The summed E-state index contributed by atoms with van der Waals surface area (Å²) in [6, 6.07) is 3.70. The molecular weight excluding hydrogens is 255 g/mol. The topological polar surface area (TPSA) is 38.5 Å². The summed E-state index contributed by atoms with van der Waals surface area (Å²) in [6.07, 6.45) is 4.60. The summed E-state index contributed by atoms with van der Waals surface area (Å²) in [4.78, 5) is 2.31. The molecule has 0 spiro atoms. The van der Waals surface area contributed by atoms with Gasteiger partial charge in [-0.3, -0.25) is 0 Å². The highest BCUT2D eigenvalue weighted by atomic mass is 19.1. The molecule has 1 aliphatic carbocycles. The lowest BCUT2D eigenvalue weighted by Crippen LogP contribution is -2.27. The van der Waals surface area contributed by atoms with Gasteiger partial charge in [-0.25, -0.2) is 4.39 Å². The minimum absolute atomic E-state index is 0.0500. The van der Waals surface area contributed by atoms with Crippen molar-refractivity contribution in [3.05, 3.63) is 17.9 Å². The first kappa shape index (κ1) is 14.9.